The summed E-state index contributed by atoms with van der Waals surface area (Å²) in [7, 11) is 0. The Balaban J connectivity index is 2.14. The maximum absolute atomic E-state index is 9.51. The maximum Gasteiger partial charge on any atom is 0.144 e. The number of benzene rings is 1. The number of hydrazone groups is 1. The first-order chi connectivity index (χ1) is 10.4. The monoisotopic (exact) mass is 314 g/mol. The van der Waals surface area contributed by atoms with E-state index in [1.165, 1.54) is 5.01 Å². The van der Waals surface area contributed by atoms with E-state index in [0.29, 0.717) is 28.6 Å². The second-order valence-corrected chi connectivity index (χ2v) is 6.10. The number of hydrogen-bond donors (Lipinski definition) is 1. The fourth-order valence-corrected chi connectivity index (χ4v) is 2.63. The lowest BCUT2D eigenvalue weighted by Crippen LogP contribution is -2.39. The van der Waals surface area contributed by atoms with Crippen LogP contribution in [0.5, 0.6) is 0 Å². The number of nitrogens with two attached hydrogens (primary N) is 1. The van der Waals surface area contributed by atoms with E-state index in [0.717, 1.165) is 5.57 Å². The van der Waals surface area contributed by atoms with Crippen LogP contribution in [-0.4, -0.2) is 17.9 Å². The Morgan fingerprint density at radius 3 is 2.91 bits per heavy atom. The topological polar surface area (TPSA) is 74.6 Å². The summed E-state index contributed by atoms with van der Waals surface area (Å²) in [6, 6.07) is 9.34. The average molecular weight is 315 g/mol. The Morgan fingerprint density at radius 1 is 1.45 bits per heavy atom. The largest absolute Gasteiger partial charge is 0.383 e. The van der Waals surface area contributed by atoms with Crippen molar-refractivity contribution in [1.82, 2.24) is 0 Å². The Hall–Kier alpha value is -2.29. The van der Waals surface area contributed by atoms with Crippen LogP contribution < -0.4 is 10.7 Å². The van der Waals surface area contributed by atoms with Gasteiger partial charge in [0, 0.05) is 10.6 Å². The molecule has 0 spiro atoms. The van der Waals surface area contributed by atoms with Gasteiger partial charge in [-0.1, -0.05) is 17.7 Å². The van der Waals surface area contributed by atoms with Crippen molar-refractivity contribution in [3.05, 3.63) is 52.3 Å². The number of nitrogens with zero attached hydrogens (tertiary/aromatic N) is 3. The first kappa shape index (κ1) is 14.6. The van der Waals surface area contributed by atoms with Gasteiger partial charge in [-0.3, -0.25) is 0 Å². The summed E-state index contributed by atoms with van der Waals surface area (Å²) in [5.41, 5.74) is 8.25. The number of nitriles is 1. The molecule has 0 atom stereocenters. The quantitative estimate of drug-likeness (QED) is 0.864. The van der Waals surface area contributed by atoms with Crippen LogP contribution in [0.4, 0.5) is 5.69 Å². The highest BCUT2D eigenvalue weighted by molar-refractivity contribution is 6.30. The molecule has 0 aromatic heterocycles. The minimum Gasteiger partial charge on any atom is -0.383 e. The van der Waals surface area contributed by atoms with E-state index in [1.54, 1.807) is 12.1 Å². The Kier molecular flexibility index (Phi) is 3.44. The van der Waals surface area contributed by atoms with Gasteiger partial charge in [0.2, 0.25) is 0 Å². The molecule has 0 radical (unpaired) electrons. The van der Waals surface area contributed by atoms with E-state index in [1.807, 2.05) is 32.1 Å². The number of ether oxygens (including phenoxy) is 1. The zero-order valence-corrected chi connectivity index (χ0v) is 13.1. The molecule has 2 aliphatic rings. The highest BCUT2D eigenvalue weighted by atomic mass is 35.5. The van der Waals surface area contributed by atoms with Crippen molar-refractivity contribution in [2.24, 2.45) is 10.8 Å². The zero-order valence-electron chi connectivity index (χ0n) is 12.3. The molecule has 0 unspecified atom stereocenters. The summed E-state index contributed by atoms with van der Waals surface area (Å²) < 4.78 is 5.74. The molecule has 0 aliphatic carbocycles. The SMILES string of the molecule is CC1(C)C=C2C(=NN(c3cccc(Cl)c3)C(N)=C2C#N)CO1. The van der Waals surface area contributed by atoms with Gasteiger partial charge in [0.15, 0.2) is 0 Å². The molecule has 0 saturated heterocycles. The Bertz CT molecular complexity index is 771. The predicted molar refractivity (Wildman–Crippen MR) is 86.3 cm³/mol. The van der Waals surface area contributed by atoms with Crippen molar-refractivity contribution in [1.29, 1.82) is 5.26 Å². The first-order valence-electron chi connectivity index (χ1n) is 6.82. The van der Waals surface area contributed by atoms with Gasteiger partial charge in [-0.05, 0) is 38.1 Å². The van der Waals surface area contributed by atoms with Crippen molar-refractivity contribution < 1.29 is 4.74 Å². The number of hydrogen-bond acceptors (Lipinski definition) is 5. The van der Waals surface area contributed by atoms with Gasteiger partial charge in [0.05, 0.1) is 23.6 Å². The van der Waals surface area contributed by atoms with Crippen molar-refractivity contribution in [2.75, 3.05) is 11.6 Å². The maximum atomic E-state index is 9.51. The van der Waals surface area contributed by atoms with Crippen LogP contribution >= 0.6 is 11.6 Å². The minimum absolute atomic E-state index is 0.289. The van der Waals surface area contributed by atoms with Crippen molar-refractivity contribution in [2.45, 2.75) is 19.4 Å². The van der Waals surface area contributed by atoms with E-state index < -0.39 is 5.60 Å². The molecule has 5 nitrogen and oxygen atoms in total. The van der Waals surface area contributed by atoms with E-state index >= 15 is 0 Å². The van der Waals surface area contributed by atoms with Gasteiger partial charge in [0.1, 0.15) is 17.5 Å². The minimum atomic E-state index is -0.449. The lowest BCUT2D eigenvalue weighted by molar-refractivity contribution is 0.0409. The molecule has 2 N–H and O–H groups in total. The number of anilines is 1. The van der Waals surface area contributed by atoms with Crippen molar-refractivity contribution in [3.63, 3.8) is 0 Å². The molecule has 0 bridgehead atoms. The first-order valence-corrected chi connectivity index (χ1v) is 7.20. The summed E-state index contributed by atoms with van der Waals surface area (Å²) in [5, 5.41) is 16.1. The fraction of sp³-hybridized carbons (Fsp3) is 0.250. The van der Waals surface area contributed by atoms with E-state index in [-0.39, 0.29) is 5.82 Å². The third-order valence-electron chi connectivity index (χ3n) is 3.52. The summed E-state index contributed by atoms with van der Waals surface area (Å²) in [4.78, 5) is 0. The Morgan fingerprint density at radius 2 is 2.23 bits per heavy atom. The normalized spacial score (nSPS) is 20.0. The van der Waals surface area contributed by atoms with Gasteiger partial charge in [-0.15, -0.1) is 0 Å². The zero-order chi connectivity index (χ0) is 15.9. The van der Waals surface area contributed by atoms with E-state index in [9.17, 15) is 5.26 Å². The van der Waals surface area contributed by atoms with E-state index in [2.05, 4.69) is 11.2 Å². The van der Waals surface area contributed by atoms with Crippen LogP contribution in [0.25, 0.3) is 0 Å². The number of fused-ring (bicyclic) bond motifs is 1. The molecule has 0 amide bonds. The standard InChI is InChI=1S/C16H15ClN4O/c1-16(2)7-12-13(8-18)15(19)21(20-14(12)9-22-16)11-5-3-4-10(17)6-11/h3-7H,9,19H2,1-2H3. The molecular weight excluding hydrogens is 300 g/mol. The van der Waals surface area contributed by atoms with Gasteiger partial charge in [-0.2, -0.15) is 10.4 Å². The van der Waals surface area contributed by atoms with Crippen LogP contribution in [0.2, 0.25) is 5.02 Å². The molecule has 6 heteroatoms. The van der Waals surface area contributed by atoms with Crippen LogP contribution in [-0.2, 0) is 4.74 Å². The third-order valence-corrected chi connectivity index (χ3v) is 3.76. The van der Waals surface area contributed by atoms with Crippen LogP contribution in [0.3, 0.4) is 0 Å². The molecule has 0 saturated carbocycles. The van der Waals surface area contributed by atoms with Gasteiger partial charge in [0.25, 0.3) is 0 Å². The van der Waals surface area contributed by atoms with Crippen molar-refractivity contribution in [3.8, 4) is 6.07 Å². The lowest BCUT2D eigenvalue weighted by Gasteiger charge is -2.34. The number of rotatable bonds is 1. The predicted octanol–water partition coefficient (Wildman–Crippen LogP) is 2.95. The van der Waals surface area contributed by atoms with Crippen LogP contribution in [0, 0.1) is 11.3 Å². The second-order valence-electron chi connectivity index (χ2n) is 5.66. The molecule has 2 heterocycles. The molecule has 1 aromatic rings. The summed E-state index contributed by atoms with van der Waals surface area (Å²) in [6.45, 7) is 4.20. The molecule has 1 aromatic carbocycles. The summed E-state index contributed by atoms with van der Waals surface area (Å²) >= 11 is 6.02. The lowest BCUT2D eigenvalue weighted by atomic mass is 9.92. The molecular formula is C16H15ClN4O. The molecule has 22 heavy (non-hydrogen) atoms. The smallest absolute Gasteiger partial charge is 0.144 e. The molecule has 3 rings (SSSR count). The Labute approximate surface area is 133 Å². The van der Waals surface area contributed by atoms with E-state index in [4.69, 9.17) is 22.1 Å². The summed E-state index contributed by atoms with van der Waals surface area (Å²) in [5.74, 6) is 0.289. The van der Waals surface area contributed by atoms with Crippen LogP contribution in [0.1, 0.15) is 13.8 Å². The molecule has 2 aliphatic heterocycles. The summed E-state index contributed by atoms with van der Waals surface area (Å²) in [6.07, 6.45) is 1.88. The number of allylic oxidation sites excluding steroid dienone is 1. The highest BCUT2D eigenvalue weighted by Crippen LogP contribution is 2.33. The van der Waals surface area contributed by atoms with Crippen LogP contribution in [0.15, 0.2) is 52.4 Å². The van der Waals surface area contributed by atoms with Gasteiger partial charge >= 0.3 is 0 Å². The molecule has 112 valence electrons. The molecule has 0 fully saturated rings. The highest BCUT2D eigenvalue weighted by Gasteiger charge is 2.33. The second kappa shape index (κ2) is 5.16. The van der Waals surface area contributed by atoms with Gasteiger partial charge < -0.3 is 10.5 Å². The van der Waals surface area contributed by atoms with Gasteiger partial charge in [-0.25, -0.2) is 5.01 Å². The fourth-order valence-electron chi connectivity index (χ4n) is 2.44. The average Bonchev–Trinajstić information content (AvgIpc) is 2.46. The number of halogens is 1. The third kappa shape index (κ3) is 2.47. The van der Waals surface area contributed by atoms with Crippen molar-refractivity contribution >= 4 is 23.0 Å².